The van der Waals surface area contributed by atoms with Crippen molar-refractivity contribution in [2.45, 2.75) is 12.8 Å². The Kier molecular flexibility index (Phi) is 7.94. The first kappa shape index (κ1) is 23.6. The van der Waals surface area contributed by atoms with Gasteiger partial charge < -0.3 is 20.1 Å². The van der Waals surface area contributed by atoms with Gasteiger partial charge >= 0.3 is 12.8 Å². The number of benzene rings is 2. The zero-order valence-electron chi connectivity index (χ0n) is 16.0. The molecular weight excluding hydrogens is 427 g/mol. The summed E-state index contributed by atoms with van der Waals surface area (Å²) >= 11 is 0. The summed E-state index contributed by atoms with van der Waals surface area (Å²) in [6.07, 6.45) is -2.43. The molecule has 0 unspecified atom stereocenters. The van der Waals surface area contributed by atoms with E-state index in [1.54, 1.807) is 5.32 Å². The Morgan fingerprint density at radius 2 is 1.81 bits per heavy atom. The number of halogens is 5. The van der Waals surface area contributed by atoms with Crippen LogP contribution in [0.5, 0.6) is 11.5 Å². The van der Waals surface area contributed by atoms with E-state index in [9.17, 15) is 31.5 Å². The number of nitrogens with one attached hydrogen (secondary N) is 2. The molecule has 31 heavy (non-hydrogen) atoms. The van der Waals surface area contributed by atoms with E-state index in [0.717, 1.165) is 6.08 Å². The molecule has 0 saturated heterocycles. The van der Waals surface area contributed by atoms with Crippen molar-refractivity contribution in [3.05, 3.63) is 59.7 Å². The predicted molar refractivity (Wildman–Crippen MR) is 102 cm³/mol. The molecule has 2 aromatic rings. The molecule has 2 aromatic carbocycles. The van der Waals surface area contributed by atoms with E-state index >= 15 is 0 Å². The van der Waals surface area contributed by atoms with Crippen LogP contribution in [0.2, 0.25) is 0 Å². The van der Waals surface area contributed by atoms with E-state index < -0.39 is 31.1 Å². The quantitative estimate of drug-likeness (QED) is 0.472. The maximum Gasteiger partial charge on any atom is 0.405 e. The second kappa shape index (κ2) is 10.4. The van der Waals surface area contributed by atoms with Gasteiger partial charge in [-0.3, -0.25) is 9.59 Å². The molecule has 0 aromatic heterocycles. The number of ether oxygens (including phenoxy) is 2. The van der Waals surface area contributed by atoms with E-state index in [1.165, 1.54) is 55.7 Å². The SMILES string of the molecule is COc1cccc(/C=C/C(=O)Nc2ccccc2C(=O)NCC(F)(F)F)c1OC(F)F. The van der Waals surface area contributed by atoms with Crippen molar-refractivity contribution in [3.63, 3.8) is 0 Å². The topological polar surface area (TPSA) is 76.7 Å². The third-order valence-corrected chi connectivity index (χ3v) is 3.73. The molecule has 0 fully saturated rings. The number of carbonyl (C=O) groups excluding carboxylic acids is 2. The lowest BCUT2D eigenvalue weighted by Gasteiger charge is -2.13. The lowest BCUT2D eigenvalue weighted by atomic mass is 10.1. The number of para-hydroxylation sites is 2. The highest BCUT2D eigenvalue weighted by atomic mass is 19.4. The fourth-order valence-corrected chi connectivity index (χ4v) is 2.45. The van der Waals surface area contributed by atoms with E-state index in [-0.39, 0.29) is 28.3 Å². The molecule has 2 N–H and O–H groups in total. The summed E-state index contributed by atoms with van der Waals surface area (Å²) < 4.78 is 71.7. The maximum absolute atomic E-state index is 12.7. The van der Waals surface area contributed by atoms with Gasteiger partial charge in [0.1, 0.15) is 6.54 Å². The van der Waals surface area contributed by atoms with Gasteiger partial charge in [0, 0.05) is 11.6 Å². The van der Waals surface area contributed by atoms with Crippen molar-refractivity contribution in [2.24, 2.45) is 0 Å². The Balaban J connectivity index is 2.17. The lowest BCUT2D eigenvalue weighted by Crippen LogP contribution is -2.34. The fraction of sp³-hybridized carbons (Fsp3) is 0.200. The summed E-state index contributed by atoms with van der Waals surface area (Å²) in [6, 6.07) is 9.74. The third kappa shape index (κ3) is 7.28. The third-order valence-electron chi connectivity index (χ3n) is 3.73. The summed E-state index contributed by atoms with van der Waals surface area (Å²) in [5.74, 6) is -2.05. The van der Waals surface area contributed by atoms with Gasteiger partial charge in [0.25, 0.3) is 5.91 Å². The van der Waals surface area contributed by atoms with E-state index in [1.807, 2.05) is 0 Å². The first-order valence-electron chi connectivity index (χ1n) is 8.65. The lowest BCUT2D eigenvalue weighted by molar-refractivity contribution is -0.123. The summed E-state index contributed by atoms with van der Waals surface area (Å²) in [6.45, 7) is -4.66. The van der Waals surface area contributed by atoms with Gasteiger partial charge in [-0.15, -0.1) is 0 Å². The Morgan fingerprint density at radius 3 is 2.45 bits per heavy atom. The van der Waals surface area contributed by atoms with E-state index in [0.29, 0.717) is 0 Å². The molecule has 11 heteroatoms. The molecule has 0 radical (unpaired) electrons. The van der Waals surface area contributed by atoms with Crippen LogP contribution in [0.25, 0.3) is 6.08 Å². The summed E-state index contributed by atoms with van der Waals surface area (Å²) in [7, 11) is 1.26. The van der Waals surface area contributed by atoms with Crippen molar-refractivity contribution >= 4 is 23.6 Å². The molecule has 0 heterocycles. The van der Waals surface area contributed by atoms with Crippen molar-refractivity contribution < 1.29 is 41.0 Å². The van der Waals surface area contributed by atoms with Gasteiger partial charge in [-0.2, -0.15) is 22.0 Å². The Bertz CT molecular complexity index is 961. The van der Waals surface area contributed by atoms with Crippen LogP contribution in [-0.4, -0.2) is 38.3 Å². The number of hydrogen-bond acceptors (Lipinski definition) is 4. The molecule has 166 valence electrons. The molecule has 0 atom stereocenters. The van der Waals surface area contributed by atoms with Gasteiger partial charge in [0.05, 0.1) is 18.4 Å². The Labute approximate surface area is 173 Å². The normalized spacial score (nSPS) is 11.5. The van der Waals surface area contributed by atoms with Crippen LogP contribution in [0.1, 0.15) is 15.9 Å². The van der Waals surface area contributed by atoms with Gasteiger partial charge in [-0.25, -0.2) is 0 Å². The van der Waals surface area contributed by atoms with E-state index in [4.69, 9.17) is 4.74 Å². The zero-order chi connectivity index (χ0) is 23.0. The average molecular weight is 444 g/mol. The number of hydrogen-bond donors (Lipinski definition) is 2. The average Bonchev–Trinajstić information content (AvgIpc) is 2.70. The second-order valence-electron chi connectivity index (χ2n) is 5.92. The largest absolute Gasteiger partial charge is 0.493 e. The van der Waals surface area contributed by atoms with Gasteiger partial charge in [0.15, 0.2) is 11.5 Å². The van der Waals surface area contributed by atoms with Crippen LogP contribution in [0.4, 0.5) is 27.6 Å². The minimum absolute atomic E-state index is 0.0227. The highest BCUT2D eigenvalue weighted by Gasteiger charge is 2.28. The molecule has 0 aliphatic heterocycles. The van der Waals surface area contributed by atoms with Crippen LogP contribution in [0, 0.1) is 0 Å². The summed E-state index contributed by atoms with van der Waals surface area (Å²) in [5.41, 5.74) is -0.103. The fourth-order valence-electron chi connectivity index (χ4n) is 2.45. The van der Waals surface area contributed by atoms with Crippen molar-refractivity contribution in [2.75, 3.05) is 19.0 Å². The number of anilines is 1. The molecular formula is C20H17F5N2O4. The molecule has 6 nitrogen and oxygen atoms in total. The predicted octanol–water partition coefficient (Wildman–Crippen LogP) is 4.24. The van der Waals surface area contributed by atoms with Crippen LogP contribution in [-0.2, 0) is 4.79 Å². The molecule has 0 saturated carbocycles. The minimum atomic E-state index is -4.59. The maximum atomic E-state index is 12.7. The van der Waals surface area contributed by atoms with Crippen LogP contribution in [0.15, 0.2) is 48.5 Å². The minimum Gasteiger partial charge on any atom is -0.493 e. The molecule has 0 aliphatic carbocycles. The second-order valence-corrected chi connectivity index (χ2v) is 5.92. The van der Waals surface area contributed by atoms with E-state index in [2.05, 4.69) is 10.1 Å². The van der Waals surface area contributed by atoms with Crippen molar-refractivity contribution in [1.29, 1.82) is 0 Å². The van der Waals surface area contributed by atoms with Crippen LogP contribution >= 0.6 is 0 Å². The molecule has 0 aliphatic rings. The zero-order valence-corrected chi connectivity index (χ0v) is 16.0. The monoisotopic (exact) mass is 444 g/mol. The van der Waals surface area contributed by atoms with Gasteiger partial charge in [-0.1, -0.05) is 24.3 Å². The highest BCUT2D eigenvalue weighted by Crippen LogP contribution is 2.33. The number of rotatable bonds is 8. The smallest absolute Gasteiger partial charge is 0.405 e. The van der Waals surface area contributed by atoms with Crippen LogP contribution < -0.4 is 20.1 Å². The molecule has 2 rings (SSSR count). The Morgan fingerprint density at radius 1 is 1.10 bits per heavy atom. The van der Waals surface area contributed by atoms with Gasteiger partial charge in [0.2, 0.25) is 5.91 Å². The highest BCUT2D eigenvalue weighted by molar-refractivity contribution is 6.07. The van der Waals surface area contributed by atoms with Crippen molar-refractivity contribution in [1.82, 2.24) is 5.32 Å². The standard InChI is InChI=1S/C20H17F5N2O4/c1-30-15-8-4-5-12(17(15)31-19(21)22)9-10-16(28)27-14-7-3-2-6-13(14)18(29)26-11-20(23,24)25/h2-10,19H,11H2,1H3,(H,26,29)(H,27,28)/b10-9+. The number of amides is 2. The number of carbonyl (C=O) groups is 2. The van der Waals surface area contributed by atoms with Crippen molar-refractivity contribution in [3.8, 4) is 11.5 Å². The Hall–Kier alpha value is -3.63. The summed E-state index contributed by atoms with van der Waals surface area (Å²) in [5, 5.41) is 4.07. The molecule has 2 amide bonds. The molecule has 0 spiro atoms. The van der Waals surface area contributed by atoms with Crippen LogP contribution in [0.3, 0.4) is 0 Å². The molecule has 0 bridgehead atoms. The number of methoxy groups -OCH3 is 1. The summed E-state index contributed by atoms with van der Waals surface area (Å²) in [4.78, 5) is 24.2. The van der Waals surface area contributed by atoms with Gasteiger partial charge in [-0.05, 0) is 24.3 Å². The first-order chi connectivity index (χ1) is 14.6. The number of alkyl halides is 5. The first-order valence-corrected chi connectivity index (χ1v) is 8.65.